The smallest absolute Gasteiger partial charge is 0.000378 e. The first-order valence-electron chi connectivity index (χ1n) is 7.31. The highest BCUT2D eigenvalue weighted by atomic mass is 15.1. The largest absolute Gasteiger partial charge is 0.309 e. The zero-order chi connectivity index (χ0) is 13.7. The lowest BCUT2D eigenvalue weighted by Crippen LogP contribution is -2.37. The highest BCUT2D eigenvalue weighted by Crippen LogP contribution is 2.34. The summed E-state index contributed by atoms with van der Waals surface area (Å²) in [4.78, 5) is 7.07. The van der Waals surface area contributed by atoms with Crippen LogP contribution in [0.1, 0.15) is 19.3 Å². The highest BCUT2D eigenvalue weighted by molar-refractivity contribution is 4.82. The third kappa shape index (κ3) is 6.17. The van der Waals surface area contributed by atoms with Gasteiger partial charge in [-0.05, 0) is 79.3 Å². The summed E-state index contributed by atoms with van der Waals surface area (Å²) in [6, 6.07) is 0. The number of nitrogens with zero attached hydrogens (tertiary/aromatic N) is 3. The van der Waals surface area contributed by atoms with Crippen LogP contribution in [0, 0.1) is 17.8 Å². The van der Waals surface area contributed by atoms with E-state index in [0.29, 0.717) is 0 Å². The van der Waals surface area contributed by atoms with Crippen molar-refractivity contribution in [2.24, 2.45) is 17.8 Å². The van der Waals surface area contributed by atoms with E-state index in [1.807, 2.05) is 0 Å². The van der Waals surface area contributed by atoms with Crippen LogP contribution < -0.4 is 0 Å². The predicted octanol–water partition coefficient (Wildman–Crippen LogP) is 1.70. The van der Waals surface area contributed by atoms with E-state index < -0.39 is 0 Å². The molecule has 0 bridgehead atoms. The molecule has 0 radical (unpaired) electrons. The van der Waals surface area contributed by atoms with Gasteiger partial charge in [0.25, 0.3) is 0 Å². The van der Waals surface area contributed by atoms with Crippen LogP contribution in [-0.4, -0.2) is 76.6 Å². The topological polar surface area (TPSA) is 9.72 Å². The molecule has 0 atom stereocenters. The summed E-state index contributed by atoms with van der Waals surface area (Å²) >= 11 is 0. The number of hydrogen-bond acceptors (Lipinski definition) is 3. The van der Waals surface area contributed by atoms with Gasteiger partial charge in [0.15, 0.2) is 0 Å². The molecular weight excluding hydrogens is 222 g/mol. The Morgan fingerprint density at radius 1 is 0.556 bits per heavy atom. The van der Waals surface area contributed by atoms with Crippen molar-refractivity contribution in [3.8, 4) is 0 Å². The lowest BCUT2D eigenvalue weighted by Gasteiger charge is -2.38. The van der Waals surface area contributed by atoms with Crippen LogP contribution in [0.15, 0.2) is 0 Å². The minimum atomic E-state index is 0.892. The molecule has 18 heavy (non-hydrogen) atoms. The fourth-order valence-electron chi connectivity index (χ4n) is 3.70. The maximum Gasteiger partial charge on any atom is 0.000378 e. The fraction of sp³-hybridized carbons (Fsp3) is 1.00. The first-order valence-corrected chi connectivity index (χ1v) is 7.31. The fourth-order valence-corrected chi connectivity index (χ4v) is 3.70. The van der Waals surface area contributed by atoms with Crippen LogP contribution >= 0.6 is 0 Å². The molecular formula is C15H33N3. The molecule has 3 nitrogen and oxygen atoms in total. The summed E-state index contributed by atoms with van der Waals surface area (Å²) in [5, 5.41) is 0. The minimum Gasteiger partial charge on any atom is -0.309 e. The first kappa shape index (κ1) is 15.9. The Bertz CT molecular complexity index is 182. The van der Waals surface area contributed by atoms with E-state index in [-0.39, 0.29) is 0 Å². The Morgan fingerprint density at radius 2 is 0.778 bits per heavy atom. The van der Waals surface area contributed by atoms with Gasteiger partial charge in [-0.1, -0.05) is 0 Å². The van der Waals surface area contributed by atoms with Crippen molar-refractivity contribution in [1.29, 1.82) is 0 Å². The van der Waals surface area contributed by atoms with E-state index in [1.165, 1.54) is 38.9 Å². The third-order valence-electron chi connectivity index (χ3n) is 3.87. The number of hydrogen-bond donors (Lipinski definition) is 0. The second kappa shape index (κ2) is 7.46. The van der Waals surface area contributed by atoms with E-state index in [1.54, 1.807) is 0 Å². The molecule has 1 saturated carbocycles. The van der Waals surface area contributed by atoms with Crippen molar-refractivity contribution in [3.05, 3.63) is 0 Å². The molecule has 108 valence electrons. The Balaban J connectivity index is 2.54. The lowest BCUT2D eigenvalue weighted by molar-refractivity contribution is 0.124. The van der Waals surface area contributed by atoms with Crippen LogP contribution in [0.3, 0.4) is 0 Å². The van der Waals surface area contributed by atoms with Crippen molar-refractivity contribution in [3.63, 3.8) is 0 Å². The summed E-state index contributed by atoms with van der Waals surface area (Å²) in [5.74, 6) is 2.68. The quantitative estimate of drug-likeness (QED) is 0.715. The van der Waals surface area contributed by atoms with Crippen molar-refractivity contribution < 1.29 is 0 Å². The van der Waals surface area contributed by atoms with Gasteiger partial charge in [0.2, 0.25) is 0 Å². The molecule has 0 N–H and O–H groups in total. The Morgan fingerprint density at radius 3 is 0.944 bits per heavy atom. The van der Waals surface area contributed by atoms with Crippen molar-refractivity contribution in [2.75, 3.05) is 61.9 Å². The van der Waals surface area contributed by atoms with E-state index in [9.17, 15) is 0 Å². The summed E-state index contributed by atoms with van der Waals surface area (Å²) in [5.41, 5.74) is 0. The summed E-state index contributed by atoms with van der Waals surface area (Å²) < 4.78 is 0. The summed E-state index contributed by atoms with van der Waals surface area (Å²) in [6.45, 7) is 3.77. The molecule has 0 heterocycles. The molecule has 0 spiro atoms. The van der Waals surface area contributed by atoms with Crippen molar-refractivity contribution in [1.82, 2.24) is 14.7 Å². The van der Waals surface area contributed by atoms with Gasteiger partial charge in [-0.2, -0.15) is 0 Å². The van der Waals surface area contributed by atoms with Gasteiger partial charge in [-0.25, -0.2) is 0 Å². The molecule has 0 aliphatic heterocycles. The highest BCUT2D eigenvalue weighted by Gasteiger charge is 2.29. The summed E-state index contributed by atoms with van der Waals surface area (Å²) in [6.07, 6.45) is 4.25. The lowest BCUT2D eigenvalue weighted by atomic mass is 9.74. The van der Waals surface area contributed by atoms with E-state index >= 15 is 0 Å². The van der Waals surface area contributed by atoms with Crippen LogP contribution in [-0.2, 0) is 0 Å². The SMILES string of the molecule is CN(C)CC1CC(CN(C)C)CC(CN(C)C)C1. The Labute approximate surface area is 114 Å². The maximum atomic E-state index is 2.36. The number of rotatable bonds is 6. The minimum absolute atomic E-state index is 0.892. The molecule has 1 fully saturated rings. The second-order valence-corrected chi connectivity index (χ2v) is 7.09. The molecule has 1 aliphatic rings. The van der Waals surface area contributed by atoms with E-state index in [2.05, 4.69) is 57.0 Å². The predicted molar refractivity (Wildman–Crippen MR) is 80.0 cm³/mol. The van der Waals surface area contributed by atoms with Gasteiger partial charge in [0, 0.05) is 19.6 Å². The van der Waals surface area contributed by atoms with Gasteiger partial charge in [0.1, 0.15) is 0 Å². The molecule has 0 aromatic carbocycles. The molecule has 0 unspecified atom stereocenters. The monoisotopic (exact) mass is 255 g/mol. The van der Waals surface area contributed by atoms with Crippen molar-refractivity contribution >= 4 is 0 Å². The van der Waals surface area contributed by atoms with Gasteiger partial charge < -0.3 is 14.7 Å². The van der Waals surface area contributed by atoms with Crippen LogP contribution in [0.2, 0.25) is 0 Å². The third-order valence-corrected chi connectivity index (χ3v) is 3.87. The van der Waals surface area contributed by atoms with Gasteiger partial charge in [-0.3, -0.25) is 0 Å². The zero-order valence-electron chi connectivity index (χ0n) is 13.3. The molecule has 1 aliphatic carbocycles. The zero-order valence-corrected chi connectivity index (χ0v) is 13.3. The van der Waals surface area contributed by atoms with Crippen LogP contribution in [0.4, 0.5) is 0 Å². The average Bonchev–Trinajstić information content (AvgIpc) is 2.12. The normalized spacial score (nSPS) is 29.5. The Hall–Kier alpha value is -0.120. The first-order chi connectivity index (χ1) is 8.36. The molecule has 1 rings (SSSR count). The molecule has 0 aromatic heterocycles. The molecule has 0 amide bonds. The van der Waals surface area contributed by atoms with E-state index in [0.717, 1.165) is 17.8 Å². The van der Waals surface area contributed by atoms with Gasteiger partial charge in [0.05, 0.1) is 0 Å². The molecule has 3 heteroatoms. The molecule has 0 saturated heterocycles. The van der Waals surface area contributed by atoms with Gasteiger partial charge in [-0.15, -0.1) is 0 Å². The summed E-state index contributed by atoms with van der Waals surface area (Å²) in [7, 11) is 13.2. The second-order valence-electron chi connectivity index (χ2n) is 7.09. The average molecular weight is 255 g/mol. The van der Waals surface area contributed by atoms with Crippen molar-refractivity contribution in [2.45, 2.75) is 19.3 Å². The standard InChI is InChI=1S/C15H33N3/c1-16(2)10-13-7-14(11-17(3)4)9-15(8-13)12-18(5)6/h13-15H,7-12H2,1-6H3. The Kier molecular flexibility index (Phi) is 6.61. The molecule has 0 aromatic rings. The van der Waals surface area contributed by atoms with E-state index in [4.69, 9.17) is 0 Å². The maximum absolute atomic E-state index is 2.36. The van der Waals surface area contributed by atoms with Crippen LogP contribution in [0.25, 0.3) is 0 Å². The van der Waals surface area contributed by atoms with Gasteiger partial charge >= 0.3 is 0 Å². The van der Waals surface area contributed by atoms with Crippen LogP contribution in [0.5, 0.6) is 0 Å².